The van der Waals surface area contributed by atoms with E-state index in [1.165, 1.54) is 24.3 Å². The zero-order chi connectivity index (χ0) is 13.0. The first-order chi connectivity index (χ1) is 8.65. The first-order valence-electron chi connectivity index (χ1n) is 5.38. The van der Waals surface area contributed by atoms with E-state index in [0.717, 1.165) is 5.56 Å². The maximum Gasteiger partial charge on any atom is 0.271 e. The number of nitrogens with zero attached hydrogens (tertiary/aromatic N) is 1. The standard InChI is InChI=1S/C13H11FN2O2/c14-11-4-1-3-10(7-11)9-15-12-5-2-6-13(8-12)16(17)18/h1-8,15H,9H2. The second kappa shape index (κ2) is 5.27. The Labute approximate surface area is 103 Å². The summed E-state index contributed by atoms with van der Waals surface area (Å²) in [5.41, 5.74) is 1.44. The van der Waals surface area contributed by atoms with Crippen LogP contribution < -0.4 is 5.32 Å². The smallest absolute Gasteiger partial charge is 0.271 e. The van der Waals surface area contributed by atoms with E-state index in [-0.39, 0.29) is 11.5 Å². The van der Waals surface area contributed by atoms with Crippen LogP contribution in [0.3, 0.4) is 0 Å². The Balaban J connectivity index is 2.06. The van der Waals surface area contributed by atoms with E-state index >= 15 is 0 Å². The lowest BCUT2D eigenvalue weighted by atomic mass is 10.2. The number of nitro benzene ring substituents is 1. The Morgan fingerprint density at radius 2 is 1.94 bits per heavy atom. The van der Waals surface area contributed by atoms with Gasteiger partial charge in [-0.25, -0.2) is 4.39 Å². The minimum atomic E-state index is -0.451. The van der Waals surface area contributed by atoms with Gasteiger partial charge in [0.05, 0.1) is 4.92 Å². The van der Waals surface area contributed by atoms with E-state index in [0.29, 0.717) is 12.2 Å². The third-order valence-corrected chi connectivity index (χ3v) is 2.44. The summed E-state index contributed by atoms with van der Waals surface area (Å²) in [4.78, 5) is 10.1. The first-order valence-corrected chi connectivity index (χ1v) is 5.38. The molecule has 18 heavy (non-hydrogen) atoms. The molecule has 0 aliphatic carbocycles. The molecule has 2 rings (SSSR count). The van der Waals surface area contributed by atoms with E-state index < -0.39 is 4.92 Å². The number of hydrogen-bond acceptors (Lipinski definition) is 3. The molecule has 0 unspecified atom stereocenters. The summed E-state index contributed by atoms with van der Waals surface area (Å²) in [6.07, 6.45) is 0. The van der Waals surface area contributed by atoms with Crippen molar-refractivity contribution in [3.63, 3.8) is 0 Å². The van der Waals surface area contributed by atoms with Gasteiger partial charge in [0, 0.05) is 24.4 Å². The Morgan fingerprint density at radius 3 is 2.67 bits per heavy atom. The molecule has 0 aromatic heterocycles. The number of nitro groups is 1. The van der Waals surface area contributed by atoms with Crippen molar-refractivity contribution >= 4 is 11.4 Å². The molecular weight excluding hydrogens is 235 g/mol. The molecule has 4 nitrogen and oxygen atoms in total. The maximum absolute atomic E-state index is 12.9. The van der Waals surface area contributed by atoms with Gasteiger partial charge in [0.1, 0.15) is 5.82 Å². The van der Waals surface area contributed by atoms with Crippen LogP contribution in [0.25, 0.3) is 0 Å². The van der Waals surface area contributed by atoms with Gasteiger partial charge in [0.15, 0.2) is 0 Å². The molecule has 0 amide bonds. The summed E-state index contributed by atoms with van der Waals surface area (Å²) in [6.45, 7) is 0.416. The molecule has 0 aliphatic heterocycles. The van der Waals surface area contributed by atoms with E-state index in [4.69, 9.17) is 0 Å². The third kappa shape index (κ3) is 3.04. The van der Waals surface area contributed by atoms with E-state index in [2.05, 4.69) is 5.32 Å². The molecule has 5 heteroatoms. The number of non-ortho nitro benzene ring substituents is 1. The van der Waals surface area contributed by atoms with Crippen LogP contribution in [0.15, 0.2) is 48.5 Å². The summed E-state index contributed by atoms with van der Waals surface area (Å²) in [5.74, 6) is -0.298. The minimum absolute atomic E-state index is 0.0271. The number of hydrogen-bond donors (Lipinski definition) is 1. The van der Waals surface area contributed by atoms with Gasteiger partial charge in [-0.3, -0.25) is 10.1 Å². The maximum atomic E-state index is 12.9. The van der Waals surface area contributed by atoms with Crippen molar-refractivity contribution in [2.24, 2.45) is 0 Å². The van der Waals surface area contributed by atoms with E-state index in [9.17, 15) is 14.5 Å². The normalized spacial score (nSPS) is 10.1. The van der Waals surface area contributed by atoms with Crippen molar-refractivity contribution in [1.82, 2.24) is 0 Å². The summed E-state index contributed by atoms with van der Waals surface area (Å²) < 4.78 is 12.9. The van der Waals surface area contributed by atoms with Gasteiger partial charge in [-0.2, -0.15) is 0 Å². The molecule has 0 saturated carbocycles. The number of halogens is 1. The second-order valence-corrected chi connectivity index (χ2v) is 3.79. The fourth-order valence-electron chi connectivity index (χ4n) is 1.58. The van der Waals surface area contributed by atoms with Crippen LogP contribution in [0.1, 0.15) is 5.56 Å². The summed E-state index contributed by atoms with van der Waals surface area (Å²) >= 11 is 0. The van der Waals surface area contributed by atoms with Gasteiger partial charge in [0.2, 0.25) is 0 Å². The highest BCUT2D eigenvalue weighted by molar-refractivity contribution is 5.51. The highest BCUT2D eigenvalue weighted by atomic mass is 19.1. The molecule has 0 spiro atoms. The van der Waals surface area contributed by atoms with Crippen LogP contribution in [0.5, 0.6) is 0 Å². The Hall–Kier alpha value is -2.43. The average Bonchev–Trinajstić information content (AvgIpc) is 2.37. The molecule has 0 fully saturated rings. The van der Waals surface area contributed by atoms with E-state index in [1.54, 1.807) is 24.3 Å². The van der Waals surface area contributed by atoms with Crippen molar-refractivity contribution in [2.45, 2.75) is 6.54 Å². The lowest BCUT2D eigenvalue weighted by molar-refractivity contribution is -0.384. The monoisotopic (exact) mass is 246 g/mol. The molecule has 0 heterocycles. The summed E-state index contributed by atoms with van der Waals surface area (Å²) in [7, 11) is 0. The number of rotatable bonds is 4. The first kappa shape index (κ1) is 12.0. The summed E-state index contributed by atoms with van der Waals surface area (Å²) in [5, 5.41) is 13.6. The van der Waals surface area contributed by atoms with Crippen LogP contribution in [0.4, 0.5) is 15.8 Å². The van der Waals surface area contributed by atoms with Crippen LogP contribution in [-0.2, 0) is 6.54 Å². The fourth-order valence-corrected chi connectivity index (χ4v) is 1.58. The molecule has 2 aromatic rings. The topological polar surface area (TPSA) is 55.2 Å². The molecule has 1 N–H and O–H groups in total. The van der Waals surface area contributed by atoms with Gasteiger partial charge < -0.3 is 5.32 Å². The number of benzene rings is 2. The van der Waals surface area contributed by atoms with Crippen molar-refractivity contribution < 1.29 is 9.31 Å². The average molecular weight is 246 g/mol. The molecule has 0 bridgehead atoms. The van der Waals surface area contributed by atoms with Crippen molar-refractivity contribution in [3.05, 3.63) is 70.0 Å². The lowest BCUT2D eigenvalue weighted by Gasteiger charge is -2.06. The van der Waals surface area contributed by atoms with Crippen molar-refractivity contribution in [1.29, 1.82) is 0 Å². The van der Waals surface area contributed by atoms with Crippen molar-refractivity contribution in [3.8, 4) is 0 Å². The van der Waals surface area contributed by atoms with Crippen LogP contribution in [0, 0.1) is 15.9 Å². The highest BCUT2D eigenvalue weighted by Crippen LogP contribution is 2.17. The Kier molecular flexibility index (Phi) is 3.52. The zero-order valence-corrected chi connectivity index (χ0v) is 9.47. The predicted molar refractivity (Wildman–Crippen MR) is 66.8 cm³/mol. The molecule has 0 radical (unpaired) electrons. The Bertz CT molecular complexity index is 572. The highest BCUT2D eigenvalue weighted by Gasteiger charge is 2.05. The van der Waals surface area contributed by atoms with E-state index in [1.807, 2.05) is 0 Å². The van der Waals surface area contributed by atoms with Gasteiger partial charge in [-0.1, -0.05) is 18.2 Å². The largest absolute Gasteiger partial charge is 0.381 e. The zero-order valence-electron chi connectivity index (χ0n) is 9.47. The molecule has 0 aliphatic rings. The minimum Gasteiger partial charge on any atom is -0.381 e. The molecule has 0 atom stereocenters. The second-order valence-electron chi connectivity index (χ2n) is 3.79. The molecule has 2 aromatic carbocycles. The number of anilines is 1. The summed E-state index contributed by atoms with van der Waals surface area (Å²) in [6, 6.07) is 12.4. The SMILES string of the molecule is O=[N+]([O-])c1cccc(NCc2cccc(F)c2)c1. The van der Waals surface area contributed by atoms with Gasteiger partial charge in [-0.15, -0.1) is 0 Å². The van der Waals surface area contributed by atoms with Gasteiger partial charge in [0.25, 0.3) is 5.69 Å². The van der Waals surface area contributed by atoms with Gasteiger partial charge >= 0.3 is 0 Å². The fraction of sp³-hybridized carbons (Fsp3) is 0.0769. The Morgan fingerprint density at radius 1 is 1.17 bits per heavy atom. The van der Waals surface area contributed by atoms with Gasteiger partial charge in [-0.05, 0) is 23.8 Å². The molecule has 0 saturated heterocycles. The quantitative estimate of drug-likeness (QED) is 0.664. The predicted octanol–water partition coefficient (Wildman–Crippen LogP) is 3.35. The third-order valence-electron chi connectivity index (χ3n) is 2.44. The van der Waals surface area contributed by atoms with Crippen LogP contribution in [-0.4, -0.2) is 4.92 Å². The van der Waals surface area contributed by atoms with Crippen LogP contribution in [0.2, 0.25) is 0 Å². The lowest BCUT2D eigenvalue weighted by Crippen LogP contribution is -2.00. The molecule has 92 valence electrons. The van der Waals surface area contributed by atoms with Crippen LogP contribution >= 0.6 is 0 Å². The van der Waals surface area contributed by atoms with Crippen molar-refractivity contribution in [2.75, 3.05) is 5.32 Å². The molecular formula is C13H11FN2O2. The number of nitrogens with one attached hydrogen (secondary N) is 1.